The zero-order chi connectivity index (χ0) is 18.6. The third-order valence-corrected chi connectivity index (χ3v) is 3.84. The summed E-state index contributed by atoms with van der Waals surface area (Å²) in [7, 11) is 0. The Hall–Kier alpha value is -2.58. The number of halogens is 3. The Kier molecular flexibility index (Phi) is 5.66. The number of aromatic carboxylic acids is 1. The standard InChI is InChI=1S/C16H17F3N2O4/c17-16(18,19)9-21-8-12(7-13(21)22)14(23)20-5-4-10-2-1-3-11(6-10)15(24)25/h1-3,6,12H,4-5,7-9H2,(H,20,23)(H,24,25)/t12-/m1/s1. The molecule has 25 heavy (non-hydrogen) atoms. The van der Waals surface area contributed by atoms with Gasteiger partial charge in [0, 0.05) is 19.5 Å². The number of carbonyl (C=O) groups excluding carboxylic acids is 2. The number of benzene rings is 1. The van der Waals surface area contributed by atoms with Crippen molar-refractivity contribution in [3.63, 3.8) is 0 Å². The van der Waals surface area contributed by atoms with E-state index in [1.807, 2.05) is 0 Å². The van der Waals surface area contributed by atoms with Gasteiger partial charge < -0.3 is 15.3 Å². The minimum Gasteiger partial charge on any atom is -0.478 e. The van der Waals surface area contributed by atoms with Crippen LogP contribution in [-0.4, -0.2) is 53.6 Å². The number of amides is 2. The molecule has 1 aliphatic heterocycles. The van der Waals surface area contributed by atoms with Gasteiger partial charge in [0.25, 0.3) is 0 Å². The smallest absolute Gasteiger partial charge is 0.406 e. The molecule has 2 rings (SSSR count). The van der Waals surface area contributed by atoms with Gasteiger partial charge in [-0.05, 0) is 24.1 Å². The van der Waals surface area contributed by atoms with Crippen LogP contribution in [0.2, 0.25) is 0 Å². The molecular weight excluding hydrogens is 341 g/mol. The van der Waals surface area contributed by atoms with Gasteiger partial charge in [0.2, 0.25) is 11.8 Å². The van der Waals surface area contributed by atoms with Crippen LogP contribution >= 0.6 is 0 Å². The van der Waals surface area contributed by atoms with Crippen LogP contribution in [0.15, 0.2) is 24.3 Å². The minimum absolute atomic E-state index is 0.132. The second-order valence-electron chi connectivity index (χ2n) is 5.84. The van der Waals surface area contributed by atoms with Crippen molar-refractivity contribution in [2.45, 2.75) is 19.0 Å². The highest BCUT2D eigenvalue weighted by molar-refractivity contribution is 5.89. The van der Waals surface area contributed by atoms with Gasteiger partial charge in [0.1, 0.15) is 6.54 Å². The zero-order valence-electron chi connectivity index (χ0n) is 13.2. The highest BCUT2D eigenvalue weighted by Crippen LogP contribution is 2.23. The van der Waals surface area contributed by atoms with Crippen LogP contribution in [0.25, 0.3) is 0 Å². The molecule has 0 radical (unpaired) electrons. The third kappa shape index (κ3) is 5.47. The van der Waals surface area contributed by atoms with E-state index in [4.69, 9.17) is 5.11 Å². The molecule has 1 fully saturated rings. The monoisotopic (exact) mass is 358 g/mol. The molecule has 0 aliphatic carbocycles. The van der Waals surface area contributed by atoms with Gasteiger partial charge in [-0.3, -0.25) is 9.59 Å². The quantitative estimate of drug-likeness (QED) is 0.806. The van der Waals surface area contributed by atoms with Crippen molar-refractivity contribution < 1.29 is 32.7 Å². The van der Waals surface area contributed by atoms with Gasteiger partial charge in [-0.1, -0.05) is 12.1 Å². The maximum atomic E-state index is 12.4. The lowest BCUT2D eigenvalue weighted by atomic mass is 10.1. The largest absolute Gasteiger partial charge is 0.478 e. The summed E-state index contributed by atoms with van der Waals surface area (Å²) < 4.78 is 37.1. The molecular formula is C16H17F3N2O4. The van der Waals surface area contributed by atoms with Gasteiger partial charge in [0.15, 0.2) is 0 Å². The molecule has 0 aromatic heterocycles. The predicted octanol–water partition coefficient (Wildman–Crippen LogP) is 1.45. The molecule has 1 aromatic carbocycles. The molecule has 1 aliphatic rings. The van der Waals surface area contributed by atoms with Crippen molar-refractivity contribution >= 4 is 17.8 Å². The van der Waals surface area contributed by atoms with Crippen molar-refractivity contribution in [2.75, 3.05) is 19.6 Å². The molecule has 6 nitrogen and oxygen atoms in total. The fraction of sp³-hybridized carbons (Fsp3) is 0.438. The normalized spacial score (nSPS) is 17.6. The Morgan fingerprint density at radius 1 is 1.32 bits per heavy atom. The Balaban J connectivity index is 1.82. The van der Waals surface area contributed by atoms with Crippen LogP contribution in [0.1, 0.15) is 22.3 Å². The second kappa shape index (κ2) is 7.54. The number of rotatable bonds is 6. The number of nitrogens with one attached hydrogen (secondary N) is 1. The lowest BCUT2D eigenvalue weighted by molar-refractivity contribution is -0.157. The fourth-order valence-electron chi connectivity index (χ4n) is 2.65. The maximum Gasteiger partial charge on any atom is 0.406 e. The van der Waals surface area contributed by atoms with Crippen LogP contribution in [0.5, 0.6) is 0 Å². The number of carboxylic acid groups (broad SMARTS) is 1. The lowest BCUT2D eigenvalue weighted by Gasteiger charge is -2.18. The summed E-state index contributed by atoms with van der Waals surface area (Å²) in [5, 5.41) is 11.5. The summed E-state index contributed by atoms with van der Waals surface area (Å²) in [6, 6.07) is 6.23. The Bertz CT molecular complexity index is 676. The topological polar surface area (TPSA) is 86.7 Å². The van der Waals surface area contributed by atoms with Crippen LogP contribution in [0, 0.1) is 5.92 Å². The van der Waals surface area contributed by atoms with E-state index in [0.717, 1.165) is 0 Å². The molecule has 2 N–H and O–H groups in total. The first-order valence-electron chi connectivity index (χ1n) is 7.60. The summed E-state index contributed by atoms with van der Waals surface area (Å²) in [6.07, 6.45) is -4.35. The SMILES string of the molecule is O=C(O)c1cccc(CCNC(=O)[C@@H]2CC(=O)N(CC(F)(F)F)C2)c1. The number of hydrogen-bond acceptors (Lipinski definition) is 3. The first-order valence-corrected chi connectivity index (χ1v) is 7.60. The number of hydrogen-bond donors (Lipinski definition) is 2. The fourth-order valence-corrected chi connectivity index (χ4v) is 2.65. The molecule has 1 atom stereocenters. The number of nitrogens with zero attached hydrogens (tertiary/aromatic N) is 1. The maximum absolute atomic E-state index is 12.4. The van der Waals surface area contributed by atoms with Crippen LogP contribution in [0.3, 0.4) is 0 Å². The summed E-state index contributed by atoms with van der Waals surface area (Å²) in [5.74, 6) is -3.03. The summed E-state index contributed by atoms with van der Waals surface area (Å²) >= 11 is 0. The molecule has 9 heteroatoms. The van der Waals surface area contributed by atoms with Gasteiger partial charge in [0.05, 0.1) is 11.5 Å². The average molecular weight is 358 g/mol. The van der Waals surface area contributed by atoms with Gasteiger partial charge in [-0.2, -0.15) is 13.2 Å². The van der Waals surface area contributed by atoms with Crippen LogP contribution < -0.4 is 5.32 Å². The van der Waals surface area contributed by atoms with E-state index in [2.05, 4.69) is 5.32 Å². The van der Waals surface area contributed by atoms with Crippen molar-refractivity contribution in [3.8, 4) is 0 Å². The van der Waals surface area contributed by atoms with E-state index in [1.165, 1.54) is 12.1 Å². The predicted molar refractivity (Wildman–Crippen MR) is 80.9 cm³/mol. The molecule has 0 unspecified atom stereocenters. The molecule has 2 amide bonds. The highest BCUT2D eigenvalue weighted by Gasteiger charge is 2.40. The van der Waals surface area contributed by atoms with Crippen LogP contribution in [0.4, 0.5) is 13.2 Å². The highest BCUT2D eigenvalue weighted by atomic mass is 19.4. The van der Waals surface area contributed by atoms with Gasteiger partial charge in [-0.25, -0.2) is 4.79 Å². The molecule has 0 spiro atoms. The molecule has 1 aromatic rings. The molecule has 136 valence electrons. The number of carboxylic acids is 1. The number of carbonyl (C=O) groups is 3. The first-order chi connectivity index (χ1) is 11.7. The van der Waals surface area contributed by atoms with E-state index >= 15 is 0 Å². The van der Waals surface area contributed by atoms with Gasteiger partial charge >= 0.3 is 12.1 Å². The van der Waals surface area contributed by atoms with Crippen molar-refractivity contribution in [1.29, 1.82) is 0 Å². The summed E-state index contributed by atoms with van der Waals surface area (Å²) in [6.45, 7) is -1.40. The molecule has 1 heterocycles. The molecule has 0 bridgehead atoms. The van der Waals surface area contributed by atoms with Crippen LogP contribution in [-0.2, 0) is 16.0 Å². The first kappa shape index (κ1) is 18.8. The summed E-state index contributed by atoms with van der Waals surface area (Å²) in [4.78, 5) is 35.1. The number of alkyl halides is 3. The lowest BCUT2D eigenvalue weighted by Crippen LogP contribution is -2.37. The van der Waals surface area contributed by atoms with E-state index in [1.54, 1.807) is 12.1 Å². The Morgan fingerprint density at radius 2 is 2.04 bits per heavy atom. The van der Waals surface area contributed by atoms with Crippen molar-refractivity contribution in [2.24, 2.45) is 5.92 Å². The Morgan fingerprint density at radius 3 is 2.68 bits per heavy atom. The molecule has 1 saturated heterocycles. The molecule has 0 saturated carbocycles. The number of likely N-dealkylation sites (tertiary alicyclic amines) is 1. The zero-order valence-corrected chi connectivity index (χ0v) is 13.2. The van der Waals surface area contributed by atoms with E-state index < -0.39 is 36.4 Å². The Labute approximate surface area is 141 Å². The average Bonchev–Trinajstić information content (AvgIpc) is 2.86. The summed E-state index contributed by atoms with van der Waals surface area (Å²) in [5.41, 5.74) is 0.842. The van der Waals surface area contributed by atoms with E-state index in [0.29, 0.717) is 16.9 Å². The van der Waals surface area contributed by atoms with Crippen molar-refractivity contribution in [3.05, 3.63) is 35.4 Å². The third-order valence-electron chi connectivity index (χ3n) is 3.84. The van der Waals surface area contributed by atoms with E-state index in [9.17, 15) is 27.6 Å². The second-order valence-corrected chi connectivity index (χ2v) is 5.84. The van der Waals surface area contributed by atoms with E-state index in [-0.39, 0.29) is 25.1 Å². The van der Waals surface area contributed by atoms with Crippen molar-refractivity contribution in [1.82, 2.24) is 10.2 Å². The minimum atomic E-state index is -4.49. The van der Waals surface area contributed by atoms with Gasteiger partial charge in [-0.15, -0.1) is 0 Å².